The van der Waals surface area contributed by atoms with E-state index in [0.717, 1.165) is 31.5 Å². The van der Waals surface area contributed by atoms with Crippen molar-refractivity contribution in [3.05, 3.63) is 58.0 Å². The van der Waals surface area contributed by atoms with Crippen LogP contribution in [0.2, 0.25) is 0 Å². The van der Waals surface area contributed by atoms with Gasteiger partial charge in [0.2, 0.25) is 5.91 Å². The Morgan fingerprint density at radius 3 is 2.46 bits per heavy atom. The highest BCUT2D eigenvalue weighted by Crippen LogP contribution is 2.25. The summed E-state index contributed by atoms with van der Waals surface area (Å²) in [5, 5.41) is 7.60. The molecule has 150 valence electrons. The van der Waals surface area contributed by atoms with Gasteiger partial charge in [0.25, 0.3) is 5.91 Å². The molecule has 5 nitrogen and oxygen atoms in total. The van der Waals surface area contributed by atoms with Crippen LogP contribution in [-0.2, 0) is 4.79 Å². The van der Waals surface area contributed by atoms with E-state index in [4.69, 9.17) is 0 Å². The number of amides is 2. The first-order chi connectivity index (χ1) is 13.4. The van der Waals surface area contributed by atoms with Crippen LogP contribution in [0.4, 0.5) is 4.39 Å². The average molecular weight is 404 g/mol. The number of hydrogen-bond acceptors (Lipinski definition) is 4. The number of halogens is 1. The van der Waals surface area contributed by atoms with Gasteiger partial charge in [-0.25, -0.2) is 4.39 Å². The first kappa shape index (κ1) is 20.5. The SMILES string of the molecule is CC(C)(NC(=O)c1cccs1)C(=O)NC[C@H](c1ccc(F)cc1)N1CCCC1. The van der Waals surface area contributed by atoms with Crippen molar-refractivity contribution >= 4 is 23.2 Å². The van der Waals surface area contributed by atoms with E-state index in [2.05, 4.69) is 15.5 Å². The molecule has 1 aromatic heterocycles. The maximum atomic E-state index is 13.3. The van der Waals surface area contributed by atoms with Gasteiger partial charge >= 0.3 is 0 Å². The van der Waals surface area contributed by atoms with Crippen LogP contribution in [0.25, 0.3) is 0 Å². The summed E-state index contributed by atoms with van der Waals surface area (Å²) in [4.78, 5) is 28.0. The van der Waals surface area contributed by atoms with E-state index in [1.807, 2.05) is 5.38 Å². The Morgan fingerprint density at radius 1 is 1.18 bits per heavy atom. The lowest BCUT2D eigenvalue weighted by atomic mass is 10.0. The molecule has 7 heteroatoms. The third kappa shape index (κ3) is 4.97. The van der Waals surface area contributed by atoms with Crippen LogP contribution in [-0.4, -0.2) is 41.9 Å². The average Bonchev–Trinajstić information content (AvgIpc) is 3.37. The molecule has 2 aromatic rings. The summed E-state index contributed by atoms with van der Waals surface area (Å²) in [6, 6.07) is 9.96. The fourth-order valence-electron chi connectivity index (χ4n) is 3.42. The van der Waals surface area contributed by atoms with Gasteiger partial charge in [0.05, 0.1) is 10.9 Å². The quantitative estimate of drug-likeness (QED) is 0.745. The number of rotatable bonds is 7. The van der Waals surface area contributed by atoms with Crippen LogP contribution in [0, 0.1) is 5.82 Å². The molecule has 1 aromatic carbocycles. The second-order valence-electron chi connectivity index (χ2n) is 7.58. The number of benzene rings is 1. The van der Waals surface area contributed by atoms with Crippen LogP contribution in [0.15, 0.2) is 41.8 Å². The molecule has 0 saturated carbocycles. The van der Waals surface area contributed by atoms with Crippen molar-refractivity contribution in [3.8, 4) is 0 Å². The topological polar surface area (TPSA) is 61.4 Å². The minimum Gasteiger partial charge on any atom is -0.352 e. The van der Waals surface area contributed by atoms with Crippen LogP contribution < -0.4 is 10.6 Å². The Balaban J connectivity index is 1.65. The third-order valence-corrected chi connectivity index (χ3v) is 5.90. The molecule has 0 radical (unpaired) electrons. The lowest BCUT2D eigenvalue weighted by Crippen LogP contribution is -2.55. The highest BCUT2D eigenvalue weighted by Gasteiger charge is 2.31. The van der Waals surface area contributed by atoms with Gasteiger partial charge in [0, 0.05) is 6.54 Å². The van der Waals surface area contributed by atoms with Crippen molar-refractivity contribution in [2.45, 2.75) is 38.3 Å². The van der Waals surface area contributed by atoms with Gasteiger partial charge in [-0.2, -0.15) is 0 Å². The molecule has 0 unspecified atom stereocenters. The minimum absolute atomic E-state index is 0.0177. The highest BCUT2D eigenvalue weighted by atomic mass is 32.1. The Kier molecular flexibility index (Phi) is 6.46. The van der Waals surface area contributed by atoms with Crippen LogP contribution in [0.3, 0.4) is 0 Å². The van der Waals surface area contributed by atoms with Gasteiger partial charge in [-0.15, -0.1) is 11.3 Å². The Bertz CT molecular complexity index is 800. The van der Waals surface area contributed by atoms with E-state index in [1.54, 1.807) is 38.1 Å². The molecule has 2 amide bonds. The van der Waals surface area contributed by atoms with Gasteiger partial charge in [-0.3, -0.25) is 14.5 Å². The smallest absolute Gasteiger partial charge is 0.262 e. The molecule has 0 aliphatic carbocycles. The van der Waals surface area contributed by atoms with Crippen molar-refractivity contribution in [1.29, 1.82) is 0 Å². The molecule has 2 N–H and O–H groups in total. The molecule has 0 bridgehead atoms. The maximum Gasteiger partial charge on any atom is 0.262 e. The Hall–Kier alpha value is -2.25. The normalized spacial score (nSPS) is 16.0. The van der Waals surface area contributed by atoms with E-state index in [9.17, 15) is 14.0 Å². The number of thiophene rings is 1. The largest absolute Gasteiger partial charge is 0.352 e. The van der Waals surface area contributed by atoms with Crippen molar-refractivity contribution in [3.63, 3.8) is 0 Å². The van der Waals surface area contributed by atoms with Gasteiger partial charge in [0.15, 0.2) is 0 Å². The first-order valence-electron chi connectivity index (χ1n) is 9.50. The number of likely N-dealkylation sites (tertiary alicyclic amines) is 1. The maximum absolute atomic E-state index is 13.3. The third-order valence-electron chi connectivity index (χ3n) is 5.03. The fourth-order valence-corrected chi connectivity index (χ4v) is 4.04. The van der Waals surface area contributed by atoms with Gasteiger partial charge in [-0.1, -0.05) is 18.2 Å². The zero-order valence-corrected chi connectivity index (χ0v) is 17.0. The Morgan fingerprint density at radius 2 is 1.86 bits per heavy atom. The predicted molar refractivity (Wildman–Crippen MR) is 109 cm³/mol. The summed E-state index contributed by atoms with van der Waals surface area (Å²) < 4.78 is 13.3. The summed E-state index contributed by atoms with van der Waals surface area (Å²) in [5.74, 6) is -0.779. The summed E-state index contributed by atoms with van der Waals surface area (Å²) >= 11 is 1.34. The van der Waals surface area contributed by atoms with E-state index in [0.29, 0.717) is 11.4 Å². The highest BCUT2D eigenvalue weighted by molar-refractivity contribution is 7.12. The molecule has 1 aliphatic rings. The van der Waals surface area contributed by atoms with Crippen molar-refractivity contribution in [2.24, 2.45) is 0 Å². The predicted octanol–water partition coefficient (Wildman–Crippen LogP) is 3.35. The molecular formula is C21H26FN3O2S. The molecule has 28 heavy (non-hydrogen) atoms. The first-order valence-corrected chi connectivity index (χ1v) is 10.4. The van der Waals surface area contributed by atoms with E-state index in [1.165, 1.54) is 23.5 Å². The summed E-state index contributed by atoms with van der Waals surface area (Å²) in [5.41, 5.74) is -0.0663. The van der Waals surface area contributed by atoms with Crippen molar-refractivity contribution in [1.82, 2.24) is 15.5 Å². The van der Waals surface area contributed by atoms with Gasteiger partial charge < -0.3 is 10.6 Å². The van der Waals surface area contributed by atoms with Crippen LogP contribution in [0.5, 0.6) is 0 Å². The molecule has 1 fully saturated rings. The zero-order chi connectivity index (χ0) is 20.1. The second kappa shape index (κ2) is 8.84. The minimum atomic E-state index is -1.04. The van der Waals surface area contributed by atoms with Crippen LogP contribution in [0.1, 0.15) is 48.0 Å². The van der Waals surface area contributed by atoms with Crippen molar-refractivity contribution < 1.29 is 14.0 Å². The van der Waals surface area contributed by atoms with E-state index < -0.39 is 5.54 Å². The summed E-state index contributed by atoms with van der Waals surface area (Å²) in [7, 11) is 0. The monoisotopic (exact) mass is 403 g/mol. The zero-order valence-electron chi connectivity index (χ0n) is 16.2. The molecule has 2 heterocycles. The lowest BCUT2D eigenvalue weighted by molar-refractivity contribution is -0.126. The molecule has 3 rings (SSSR count). The Labute approximate surface area is 168 Å². The molecular weight excluding hydrogens is 377 g/mol. The second-order valence-corrected chi connectivity index (χ2v) is 8.52. The van der Waals surface area contributed by atoms with Crippen LogP contribution >= 0.6 is 11.3 Å². The molecule has 0 spiro atoms. The summed E-state index contributed by atoms with van der Waals surface area (Å²) in [6.45, 7) is 5.70. The number of carbonyl (C=O) groups excluding carboxylic acids is 2. The summed E-state index contributed by atoms with van der Waals surface area (Å²) in [6.07, 6.45) is 2.24. The lowest BCUT2D eigenvalue weighted by Gasteiger charge is -2.31. The van der Waals surface area contributed by atoms with Gasteiger partial charge in [-0.05, 0) is 68.9 Å². The molecule has 1 saturated heterocycles. The van der Waals surface area contributed by atoms with E-state index in [-0.39, 0.29) is 23.7 Å². The van der Waals surface area contributed by atoms with Gasteiger partial charge in [0.1, 0.15) is 11.4 Å². The number of nitrogens with one attached hydrogen (secondary N) is 2. The number of carbonyl (C=O) groups is 2. The fraction of sp³-hybridized carbons (Fsp3) is 0.429. The number of hydrogen-bond donors (Lipinski definition) is 2. The van der Waals surface area contributed by atoms with Crippen molar-refractivity contribution in [2.75, 3.05) is 19.6 Å². The number of nitrogens with zero attached hydrogens (tertiary/aromatic N) is 1. The molecule has 1 aliphatic heterocycles. The molecule has 1 atom stereocenters. The van der Waals surface area contributed by atoms with E-state index >= 15 is 0 Å². The standard InChI is InChI=1S/C21H26FN3O2S/c1-21(2,24-19(26)18-6-5-13-28-18)20(27)23-14-17(25-11-3-4-12-25)15-7-9-16(22)10-8-15/h5-10,13,17H,3-4,11-12,14H2,1-2H3,(H,23,27)(H,24,26)/t17-/m1/s1.